The van der Waals surface area contributed by atoms with Crippen molar-refractivity contribution in [1.82, 2.24) is 9.97 Å². The molecule has 0 bridgehead atoms. The zero-order valence-electron chi connectivity index (χ0n) is 10.5. The number of hydrogen-bond acceptors (Lipinski definition) is 3. The molecular weight excluding hydrogens is 210 g/mol. The molecule has 1 aromatic heterocycles. The van der Waals surface area contributed by atoms with Gasteiger partial charge >= 0.3 is 0 Å². The molecule has 0 unspecified atom stereocenters. The van der Waals surface area contributed by atoms with Crippen LogP contribution in [0, 0.1) is 13.8 Å². The molecule has 0 saturated heterocycles. The van der Waals surface area contributed by atoms with Gasteiger partial charge in [0.05, 0.1) is 11.4 Å². The second-order valence-corrected chi connectivity index (χ2v) is 4.18. The van der Waals surface area contributed by atoms with E-state index in [0.717, 1.165) is 29.1 Å². The third-order valence-electron chi connectivity index (χ3n) is 2.94. The zero-order chi connectivity index (χ0) is 12.4. The molecule has 0 radical (unpaired) electrons. The minimum atomic E-state index is 0.501. The second-order valence-electron chi connectivity index (χ2n) is 4.18. The number of nitrogen functional groups attached to an aromatic ring is 1. The number of hydrogen-bond donors (Lipinski definition) is 1. The molecule has 0 fully saturated rings. The molecule has 3 heteroatoms. The second kappa shape index (κ2) is 4.53. The molecule has 2 rings (SSSR count). The first-order valence-electron chi connectivity index (χ1n) is 5.82. The minimum absolute atomic E-state index is 0.501. The molecule has 0 amide bonds. The van der Waals surface area contributed by atoms with Gasteiger partial charge in [0, 0.05) is 5.56 Å². The first-order valence-corrected chi connectivity index (χ1v) is 5.82. The smallest absolute Gasteiger partial charge is 0.150 e. The Labute approximate surface area is 102 Å². The van der Waals surface area contributed by atoms with Gasteiger partial charge in [-0.3, -0.25) is 0 Å². The lowest BCUT2D eigenvalue weighted by molar-refractivity contribution is 1.06. The standard InChI is InChI=1S/C14H17N3/c1-4-11-6-5-7-12(8-11)13-14(15)17-10(3)9(2)16-13/h5-8H,4H2,1-3H3,(H2,15,17). The minimum Gasteiger partial charge on any atom is -0.382 e. The number of rotatable bonds is 2. The van der Waals surface area contributed by atoms with E-state index in [1.807, 2.05) is 26.0 Å². The van der Waals surface area contributed by atoms with Gasteiger partial charge in [0.15, 0.2) is 0 Å². The molecule has 0 saturated carbocycles. The number of benzene rings is 1. The van der Waals surface area contributed by atoms with Crippen LogP contribution in [0.4, 0.5) is 5.82 Å². The Bertz CT molecular complexity index is 547. The number of nitrogens with two attached hydrogens (primary N) is 1. The normalized spacial score (nSPS) is 10.5. The first kappa shape index (κ1) is 11.6. The molecule has 0 aliphatic rings. The summed E-state index contributed by atoms with van der Waals surface area (Å²) < 4.78 is 0. The number of aromatic nitrogens is 2. The SMILES string of the molecule is CCc1cccc(-c2nc(C)c(C)nc2N)c1. The van der Waals surface area contributed by atoms with Crippen molar-refractivity contribution in [3.8, 4) is 11.3 Å². The van der Waals surface area contributed by atoms with Gasteiger partial charge in [0.1, 0.15) is 11.5 Å². The van der Waals surface area contributed by atoms with E-state index in [4.69, 9.17) is 5.73 Å². The molecule has 88 valence electrons. The van der Waals surface area contributed by atoms with E-state index in [0.29, 0.717) is 5.82 Å². The van der Waals surface area contributed by atoms with E-state index in [1.165, 1.54) is 5.56 Å². The predicted octanol–water partition coefficient (Wildman–Crippen LogP) is 2.91. The molecule has 0 spiro atoms. The highest BCUT2D eigenvalue weighted by Crippen LogP contribution is 2.24. The number of nitrogens with zero attached hydrogens (tertiary/aromatic N) is 2. The highest BCUT2D eigenvalue weighted by Gasteiger charge is 2.08. The van der Waals surface area contributed by atoms with Crippen molar-refractivity contribution in [3.05, 3.63) is 41.2 Å². The topological polar surface area (TPSA) is 51.8 Å². The Morgan fingerprint density at radius 3 is 2.53 bits per heavy atom. The third-order valence-corrected chi connectivity index (χ3v) is 2.94. The summed E-state index contributed by atoms with van der Waals surface area (Å²) in [5, 5.41) is 0. The predicted molar refractivity (Wildman–Crippen MR) is 70.7 cm³/mol. The number of anilines is 1. The maximum absolute atomic E-state index is 5.94. The maximum Gasteiger partial charge on any atom is 0.150 e. The molecule has 1 aromatic carbocycles. The molecule has 0 atom stereocenters. The summed E-state index contributed by atoms with van der Waals surface area (Å²) in [4.78, 5) is 8.85. The van der Waals surface area contributed by atoms with Crippen LogP contribution in [-0.2, 0) is 6.42 Å². The van der Waals surface area contributed by atoms with Crippen molar-refractivity contribution in [2.45, 2.75) is 27.2 Å². The van der Waals surface area contributed by atoms with E-state index in [2.05, 4.69) is 29.0 Å². The van der Waals surface area contributed by atoms with Crippen molar-refractivity contribution in [2.75, 3.05) is 5.73 Å². The summed E-state index contributed by atoms with van der Waals surface area (Å²) in [6.45, 7) is 6.01. The summed E-state index contributed by atoms with van der Waals surface area (Å²) in [7, 11) is 0. The van der Waals surface area contributed by atoms with Gasteiger partial charge in [0.2, 0.25) is 0 Å². The van der Waals surface area contributed by atoms with Crippen LogP contribution >= 0.6 is 0 Å². The van der Waals surface area contributed by atoms with E-state index in [-0.39, 0.29) is 0 Å². The molecule has 2 N–H and O–H groups in total. The van der Waals surface area contributed by atoms with Crippen LogP contribution in [0.25, 0.3) is 11.3 Å². The van der Waals surface area contributed by atoms with Crippen molar-refractivity contribution < 1.29 is 0 Å². The van der Waals surface area contributed by atoms with E-state index in [9.17, 15) is 0 Å². The van der Waals surface area contributed by atoms with Crippen molar-refractivity contribution in [2.24, 2.45) is 0 Å². The van der Waals surface area contributed by atoms with Crippen molar-refractivity contribution in [3.63, 3.8) is 0 Å². The quantitative estimate of drug-likeness (QED) is 0.858. The molecule has 1 heterocycles. The van der Waals surface area contributed by atoms with Crippen molar-refractivity contribution in [1.29, 1.82) is 0 Å². The summed E-state index contributed by atoms with van der Waals surface area (Å²) in [5.74, 6) is 0.501. The van der Waals surface area contributed by atoms with Gasteiger partial charge in [-0.2, -0.15) is 0 Å². The summed E-state index contributed by atoms with van der Waals surface area (Å²) in [6.07, 6.45) is 1.01. The Balaban J connectivity index is 2.56. The average molecular weight is 227 g/mol. The number of aryl methyl sites for hydroxylation is 3. The van der Waals surface area contributed by atoms with E-state index in [1.54, 1.807) is 0 Å². The van der Waals surface area contributed by atoms with Crippen LogP contribution in [0.5, 0.6) is 0 Å². The molecular formula is C14H17N3. The molecule has 3 nitrogen and oxygen atoms in total. The van der Waals surface area contributed by atoms with Gasteiger partial charge < -0.3 is 5.73 Å². The molecule has 2 aromatic rings. The molecule has 0 aliphatic carbocycles. The Hall–Kier alpha value is -1.90. The monoisotopic (exact) mass is 227 g/mol. The van der Waals surface area contributed by atoms with Crippen molar-refractivity contribution >= 4 is 5.82 Å². The summed E-state index contributed by atoms with van der Waals surface area (Å²) in [6, 6.07) is 8.28. The van der Waals surface area contributed by atoms with Gasteiger partial charge in [-0.1, -0.05) is 25.1 Å². The van der Waals surface area contributed by atoms with Crippen LogP contribution < -0.4 is 5.73 Å². The van der Waals surface area contributed by atoms with Gasteiger partial charge in [-0.05, 0) is 31.9 Å². The van der Waals surface area contributed by atoms with E-state index < -0.39 is 0 Å². The third kappa shape index (κ3) is 2.28. The fourth-order valence-corrected chi connectivity index (χ4v) is 1.77. The lowest BCUT2D eigenvalue weighted by atomic mass is 10.1. The van der Waals surface area contributed by atoms with Crippen LogP contribution in [0.3, 0.4) is 0 Å². The van der Waals surface area contributed by atoms with Gasteiger partial charge in [0.25, 0.3) is 0 Å². The molecule has 0 aliphatic heterocycles. The summed E-state index contributed by atoms with van der Waals surface area (Å²) in [5.41, 5.74) is 10.9. The average Bonchev–Trinajstić information content (AvgIpc) is 2.34. The Kier molecular flexibility index (Phi) is 3.09. The highest BCUT2D eigenvalue weighted by atomic mass is 14.9. The van der Waals surface area contributed by atoms with E-state index >= 15 is 0 Å². The van der Waals surface area contributed by atoms with Crippen LogP contribution in [0.15, 0.2) is 24.3 Å². The van der Waals surface area contributed by atoms with Crippen LogP contribution in [0.1, 0.15) is 23.9 Å². The Morgan fingerprint density at radius 2 is 1.82 bits per heavy atom. The lowest BCUT2D eigenvalue weighted by Gasteiger charge is -2.08. The maximum atomic E-state index is 5.94. The van der Waals surface area contributed by atoms with Gasteiger partial charge in [-0.15, -0.1) is 0 Å². The Morgan fingerprint density at radius 1 is 1.12 bits per heavy atom. The fraction of sp³-hybridized carbons (Fsp3) is 0.286. The summed E-state index contributed by atoms with van der Waals surface area (Å²) >= 11 is 0. The highest BCUT2D eigenvalue weighted by molar-refractivity contribution is 5.70. The fourth-order valence-electron chi connectivity index (χ4n) is 1.77. The van der Waals surface area contributed by atoms with Crippen LogP contribution in [0.2, 0.25) is 0 Å². The van der Waals surface area contributed by atoms with Gasteiger partial charge in [-0.25, -0.2) is 9.97 Å². The lowest BCUT2D eigenvalue weighted by Crippen LogP contribution is -2.02. The van der Waals surface area contributed by atoms with Crippen LogP contribution in [-0.4, -0.2) is 9.97 Å². The zero-order valence-corrected chi connectivity index (χ0v) is 10.5. The largest absolute Gasteiger partial charge is 0.382 e. The first-order chi connectivity index (χ1) is 8.11. The molecule has 17 heavy (non-hydrogen) atoms.